The maximum absolute atomic E-state index is 10.7. The van der Waals surface area contributed by atoms with Crippen molar-refractivity contribution in [1.29, 1.82) is 0 Å². The Morgan fingerprint density at radius 3 is 2.75 bits per heavy atom. The fourth-order valence-electron chi connectivity index (χ4n) is 0.791. The van der Waals surface area contributed by atoms with E-state index in [2.05, 4.69) is 18.8 Å². The molecule has 0 aromatic carbocycles. The maximum Gasteiger partial charge on any atom is 0.0244 e. The first kappa shape index (κ1) is 11.8. The molecule has 0 aromatic heterocycles. The van der Waals surface area contributed by atoms with Crippen molar-refractivity contribution in [1.82, 2.24) is 5.32 Å². The largest absolute Gasteiger partial charge is 0.313 e. The van der Waals surface area contributed by atoms with Gasteiger partial charge in [-0.15, -0.1) is 0 Å². The monoisotopic (exact) mass is 189 g/mol. The molecule has 3 heteroatoms. The van der Waals surface area contributed by atoms with Crippen LogP contribution in [0.1, 0.15) is 19.8 Å². The summed E-state index contributed by atoms with van der Waals surface area (Å²) in [7, 11) is -0.644. The van der Waals surface area contributed by atoms with Gasteiger partial charge in [0.15, 0.2) is 0 Å². The lowest BCUT2D eigenvalue weighted by Crippen LogP contribution is -2.19. The van der Waals surface area contributed by atoms with Gasteiger partial charge < -0.3 is 5.32 Å². The predicted molar refractivity (Wildman–Crippen MR) is 55.9 cm³/mol. The van der Waals surface area contributed by atoms with Crippen LogP contribution in [0.3, 0.4) is 0 Å². The van der Waals surface area contributed by atoms with E-state index in [9.17, 15) is 4.21 Å². The van der Waals surface area contributed by atoms with Gasteiger partial charge in [-0.05, 0) is 19.4 Å². The molecular weight excluding hydrogens is 170 g/mol. The summed E-state index contributed by atoms with van der Waals surface area (Å²) >= 11 is 0. The zero-order valence-electron chi connectivity index (χ0n) is 8.06. The quantitative estimate of drug-likeness (QED) is 0.483. The Labute approximate surface area is 77.9 Å². The molecule has 0 fully saturated rings. The topological polar surface area (TPSA) is 29.1 Å². The summed E-state index contributed by atoms with van der Waals surface area (Å²) in [6, 6.07) is 0. The lowest BCUT2D eigenvalue weighted by molar-refractivity contribution is 0.674. The number of hydrogen-bond donors (Lipinski definition) is 1. The van der Waals surface area contributed by atoms with Crippen molar-refractivity contribution in [3.05, 3.63) is 12.2 Å². The highest BCUT2D eigenvalue weighted by atomic mass is 32.2. The molecule has 0 aliphatic rings. The Morgan fingerprint density at radius 1 is 1.58 bits per heavy atom. The standard InChI is InChI=1S/C9H19NOS/c1-4-9(2)8-10-6-5-7-12(3)11/h10H,2,4-8H2,1,3H3. The van der Waals surface area contributed by atoms with Crippen molar-refractivity contribution in [3.63, 3.8) is 0 Å². The van der Waals surface area contributed by atoms with Crippen LogP contribution in [-0.2, 0) is 10.8 Å². The van der Waals surface area contributed by atoms with Gasteiger partial charge in [0.05, 0.1) is 0 Å². The van der Waals surface area contributed by atoms with Crippen LogP contribution in [0.5, 0.6) is 0 Å². The van der Waals surface area contributed by atoms with Gasteiger partial charge in [0, 0.05) is 29.4 Å². The Hall–Kier alpha value is -0.150. The van der Waals surface area contributed by atoms with Crippen molar-refractivity contribution in [2.45, 2.75) is 19.8 Å². The molecule has 12 heavy (non-hydrogen) atoms. The summed E-state index contributed by atoms with van der Waals surface area (Å²) < 4.78 is 10.7. The van der Waals surface area contributed by atoms with E-state index < -0.39 is 10.8 Å². The van der Waals surface area contributed by atoms with E-state index in [0.29, 0.717) is 0 Å². The molecule has 0 aromatic rings. The van der Waals surface area contributed by atoms with Gasteiger partial charge in [-0.1, -0.05) is 19.1 Å². The summed E-state index contributed by atoms with van der Waals surface area (Å²) in [5.41, 5.74) is 1.23. The fourth-order valence-corrected chi connectivity index (χ4v) is 1.34. The Bertz CT molecular complexity index is 157. The molecule has 1 atom stereocenters. The van der Waals surface area contributed by atoms with Gasteiger partial charge in [-0.2, -0.15) is 0 Å². The summed E-state index contributed by atoms with van der Waals surface area (Å²) in [6.45, 7) is 7.82. The first-order chi connectivity index (χ1) is 5.66. The molecule has 72 valence electrons. The van der Waals surface area contributed by atoms with Crippen molar-refractivity contribution < 1.29 is 4.21 Å². The van der Waals surface area contributed by atoms with Crippen LogP contribution in [-0.4, -0.2) is 29.3 Å². The van der Waals surface area contributed by atoms with Crippen molar-refractivity contribution in [2.24, 2.45) is 0 Å². The fraction of sp³-hybridized carbons (Fsp3) is 0.778. The van der Waals surface area contributed by atoms with E-state index in [-0.39, 0.29) is 0 Å². The lowest BCUT2D eigenvalue weighted by atomic mass is 10.2. The molecule has 0 amide bonds. The van der Waals surface area contributed by atoms with Gasteiger partial charge in [0.2, 0.25) is 0 Å². The van der Waals surface area contributed by atoms with Crippen molar-refractivity contribution >= 4 is 10.8 Å². The van der Waals surface area contributed by atoms with Gasteiger partial charge in [0.1, 0.15) is 0 Å². The molecule has 1 unspecified atom stereocenters. The third-order valence-electron chi connectivity index (χ3n) is 1.66. The summed E-state index contributed by atoms with van der Waals surface area (Å²) in [6.07, 6.45) is 3.76. The molecule has 0 saturated carbocycles. The first-order valence-electron chi connectivity index (χ1n) is 4.34. The molecule has 0 aliphatic carbocycles. The van der Waals surface area contributed by atoms with Crippen molar-refractivity contribution in [2.75, 3.05) is 25.1 Å². The predicted octanol–water partition coefficient (Wildman–Crippen LogP) is 1.31. The second kappa shape index (κ2) is 7.50. The molecule has 0 aliphatic heterocycles. The zero-order valence-corrected chi connectivity index (χ0v) is 8.88. The Kier molecular flexibility index (Phi) is 7.40. The minimum atomic E-state index is -0.644. The Balaban J connectivity index is 3.11. The number of rotatable bonds is 7. The Morgan fingerprint density at radius 2 is 2.25 bits per heavy atom. The molecule has 0 bridgehead atoms. The van der Waals surface area contributed by atoms with Crippen LogP contribution in [0.25, 0.3) is 0 Å². The number of nitrogens with one attached hydrogen (secondary N) is 1. The smallest absolute Gasteiger partial charge is 0.0244 e. The van der Waals surface area contributed by atoms with Gasteiger partial charge >= 0.3 is 0 Å². The summed E-state index contributed by atoms with van der Waals surface area (Å²) in [5, 5.41) is 3.26. The third kappa shape index (κ3) is 7.95. The minimum Gasteiger partial charge on any atom is -0.313 e. The van der Waals surface area contributed by atoms with Crippen LogP contribution in [0.15, 0.2) is 12.2 Å². The normalized spacial score (nSPS) is 12.8. The summed E-state index contributed by atoms with van der Waals surface area (Å²) in [5.74, 6) is 0.797. The third-order valence-corrected chi connectivity index (χ3v) is 2.52. The average molecular weight is 189 g/mol. The van der Waals surface area contributed by atoms with E-state index in [1.54, 1.807) is 6.26 Å². The molecule has 2 nitrogen and oxygen atoms in total. The molecule has 0 saturated heterocycles. The highest BCUT2D eigenvalue weighted by molar-refractivity contribution is 7.84. The van der Waals surface area contributed by atoms with E-state index in [0.717, 1.165) is 31.7 Å². The van der Waals surface area contributed by atoms with Gasteiger partial charge in [-0.25, -0.2) is 0 Å². The molecular formula is C9H19NOS. The van der Waals surface area contributed by atoms with Gasteiger partial charge in [0.25, 0.3) is 0 Å². The highest BCUT2D eigenvalue weighted by Gasteiger charge is 1.92. The minimum absolute atomic E-state index is 0.644. The summed E-state index contributed by atoms with van der Waals surface area (Å²) in [4.78, 5) is 0. The van der Waals surface area contributed by atoms with Crippen LogP contribution in [0.2, 0.25) is 0 Å². The van der Waals surface area contributed by atoms with E-state index in [4.69, 9.17) is 0 Å². The van der Waals surface area contributed by atoms with Crippen molar-refractivity contribution in [3.8, 4) is 0 Å². The molecule has 0 heterocycles. The second-order valence-corrected chi connectivity index (χ2v) is 4.47. The lowest BCUT2D eigenvalue weighted by Gasteiger charge is -2.04. The number of hydrogen-bond acceptors (Lipinski definition) is 2. The van der Waals surface area contributed by atoms with Crippen LogP contribution in [0.4, 0.5) is 0 Å². The first-order valence-corrected chi connectivity index (χ1v) is 6.07. The maximum atomic E-state index is 10.7. The van der Waals surface area contributed by atoms with Crippen LogP contribution >= 0.6 is 0 Å². The average Bonchev–Trinajstić information content (AvgIpc) is 2.03. The van der Waals surface area contributed by atoms with Crippen LogP contribution in [0, 0.1) is 0 Å². The highest BCUT2D eigenvalue weighted by Crippen LogP contribution is 1.92. The molecule has 0 spiro atoms. The van der Waals surface area contributed by atoms with E-state index in [1.165, 1.54) is 5.57 Å². The van der Waals surface area contributed by atoms with Gasteiger partial charge in [-0.3, -0.25) is 4.21 Å². The molecule has 0 rings (SSSR count). The van der Waals surface area contributed by atoms with E-state index in [1.807, 2.05) is 0 Å². The van der Waals surface area contributed by atoms with Crippen LogP contribution < -0.4 is 5.32 Å². The molecule has 1 N–H and O–H groups in total. The SMILES string of the molecule is C=C(CC)CNCCCS(C)=O. The zero-order chi connectivity index (χ0) is 9.40. The second-order valence-electron chi connectivity index (χ2n) is 2.91. The molecule has 0 radical (unpaired) electrons. The van der Waals surface area contributed by atoms with E-state index >= 15 is 0 Å².